The second-order valence-electron chi connectivity index (χ2n) is 4.33. The summed E-state index contributed by atoms with van der Waals surface area (Å²) in [7, 11) is 1.37. The Morgan fingerprint density at radius 3 is 2.80 bits per heavy atom. The smallest absolute Gasteiger partial charge is 0.306 e. The Kier molecular flexibility index (Phi) is 2.89. The van der Waals surface area contributed by atoms with Gasteiger partial charge in [0.15, 0.2) is 5.78 Å². The molecule has 0 N–H and O–H groups in total. The second kappa shape index (κ2) is 4.17. The largest absolute Gasteiger partial charge is 0.469 e. The van der Waals surface area contributed by atoms with Crippen LogP contribution in [-0.4, -0.2) is 18.9 Å². The standard InChI is InChI=1S/C12H16O3/c1-15-11(13)7-9-6-8-4-2-3-5-10(8)12(9)14/h9H,2-7H2,1H3. The van der Waals surface area contributed by atoms with Crippen molar-refractivity contribution in [3.05, 3.63) is 11.1 Å². The molecule has 2 aliphatic rings. The lowest BCUT2D eigenvalue weighted by Crippen LogP contribution is -2.16. The van der Waals surface area contributed by atoms with Gasteiger partial charge in [0, 0.05) is 5.92 Å². The number of Topliss-reactive ketones (excluding diaryl/α,β-unsaturated/α-hetero) is 1. The Bertz CT molecular complexity index is 328. The fourth-order valence-corrected chi connectivity index (χ4v) is 2.58. The zero-order valence-electron chi connectivity index (χ0n) is 9.04. The van der Waals surface area contributed by atoms with E-state index in [0.29, 0.717) is 0 Å². The van der Waals surface area contributed by atoms with Crippen molar-refractivity contribution in [2.45, 2.75) is 38.5 Å². The van der Waals surface area contributed by atoms with Gasteiger partial charge in [0.2, 0.25) is 0 Å². The summed E-state index contributed by atoms with van der Waals surface area (Å²) in [6.07, 6.45) is 5.34. The van der Waals surface area contributed by atoms with E-state index in [9.17, 15) is 9.59 Å². The van der Waals surface area contributed by atoms with Crippen molar-refractivity contribution in [3.8, 4) is 0 Å². The maximum atomic E-state index is 11.9. The van der Waals surface area contributed by atoms with E-state index in [1.54, 1.807) is 0 Å². The van der Waals surface area contributed by atoms with Gasteiger partial charge in [0.05, 0.1) is 13.5 Å². The lowest BCUT2D eigenvalue weighted by molar-refractivity contribution is -0.143. The lowest BCUT2D eigenvalue weighted by Gasteiger charge is -2.11. The number of hydrogen-bond donors (Lipinski definition) is 0. The van der Waals surface area contributed by atoms with Gasteiger partial charge in [-0.1, -0.05) is 5.57 Å². The highest BCUT2D eigenvalue weighted by atomic mass is 16.5. The van der Waals surface area contributed by atoms with Crippen LogP contribution in [0.1, 0.15) is 38.5 Å². The molecule has 1 unspecified atom stereocenters. The first-order chi connectivity index (χ1) is 7.22. The molecule has 0 aromatic heterocycles. The van der Waals surface area contributed by atoms with Crippen molar-refractivity contribution < 1.29 is 14.3 Å². The number of esters is 1. The molecule has 0 fully saturated rings. The maximum Gasteiger partial charge on any atom is 0.306 e. The van der Waals surface area contributed by atoms with Crippen LogP contribution in [-0.2, 0) is 14.3 Å². The second-order valence-corrected chi connectivity index (χ2v) is 4.33. The quantitative estimate of drug-likeness (QED) is 0.652. The van der Waals surface area contributed by atoms with Gasteiger partial charge in [0.25, 0.3) is 0 Å². The first-order valence-corrected chi connectivity index (χ1v) is 5.54. The molecule has 1 atom stereocenters. The predicted molar refractivity (Wildman–Crippen MR) is 55.2 cm³/mol. The van der Waals surface area contributed by atoms with Crippen molar-refractivity contribution in [1.29, 1.82) is 0 Å². The molecule has 82 valence electrons. The highest BCUT2D eigenvalue weighted by Crippen LogP contribution is 2.39. The van der Waals surface area contributed by atoms with Crippen molar-refractivity contribution in [2.24, 2.45) is 5.92 Å². The van der Waals surface area contributed by atoms with Crippen LogP contribution < -0.4 is 0 Å². The first kappa shape index (κ1) is 10.4. The van der Waals surface area contributed by atoms with Crippen LogP contribution in [0, 0.1) is 5.92 Å². The molecule has 0 radical (unpaired) electrons. The van der Waals surface area contributed by atoms with Crippen LogP contribution in [0.5, 0.6) is 0 Å². The van der Waals surface area contributed by atoms with Gasteiger partial charge in [-0.05, 0) is 37.7 Å². The van der Waals surface area contributed by atoms with Gasteiger partial charge in [0.1, 0.15) is 0 Å². The molecule has 0 spiro atoms. The van der Waals surface area contributed by atoms with E-state index in [0.717, 1.165) is 31.3 Å². The molecule has 3 nitrogen and oxygen atoms in total. The topological polar surface area (TPSA) is 43.4 Å². The zero-order chi connectivity index (χ0) is 10.8. The molecule has 0 saturated carbocycles. The van der Waals surface area contributed by atoms with E-state index in [-0.39, 0.29) is 24.1 Å². The van der Waals surface area contributed by atoms with Gasteiger partial charge in [-0.15, -0.1) is 0 Å². The van der Waals surface area contributed by atoms with E-state index in [2.05, 4.69) is 4.74 Å². The average molecular weight is 208 g/mol. The van der Waals surface area contributed by atoms with Crippen LogP contribution in [0.3, 0.4) is 0 Å². The van der Waals surface area contributed by atoms with Crippen LogP contribution >= 0.6 is 0 Å². The third-order valence-corrected chi connectivity index (χ3v) is 3.38. The average Bonchev–Trinajstić information content (AvgIpc) is 2.57. The predicted octanol–water partition coefficient (Wildman–Crippen LogP) is 2.01. The molecule has 0 heterocycles. The molecule has 0 saturated heterocycles. The molecule has 0 amide bonds. The number of ether oxygens (including phenoxy) is 1. The number of carbonyl (C=O) groups excluding carboxylic acids is 2. The fourth-order valence-electron chi connectivity index (χ4n) is 2.58. The van der Waals surface area contributed by atoms with E-state index in [1.807, 2.05) is 0 Å². The Balaban J connectivity index is 2.03. The third-order valence-electron chi connectivity index (χ3n) is 3.38. The molecule has 15 heavy (non-hydrogen) atoms. The summed E-state index contributed by atoms with van der Waals surface area (Å²) < 4.78 is 4.60. The number of rotatable bonds is 2. The van der Waals surface area contributed by atoms with E-state index < -0.39 is 0 Å². The summed E-state index contributed by atoms with van der Waals surface area (Å²) in [5, 5.41) is 0. The Morgan fingerprint density at radius 1 is 1.40 bits per heavy atom. The van der Waals surface area contributed by atoms with E-state index >= 15 is 0 Å². The molecule has 0 bridgehead atoms. The van der Waals surface area contributed by atoms with Gasteiger partial charge >= 0.3 is 5.97 Å². The van der Waals surface area contributed by atoms with Crippen LogP contribution in [0.4, 0.5) is 0 Å². The highest BCUT2D eigenvalue weighted by Gasteiger charge is 2.34. The lowest BCUT2D eigenvalue weighted by atomic mass is 9.94. The highest BCUT2D eigenvalue weighted by molar-refractivity contribution is 6.02. The number of methoxy groups -OCH3 is 1. The fraction of sp³-hybridized carbons (Fsp3) is 0.667. The van der Waals surface area contributed by atoms with Crippen LogP contribution in [0.25, 0.3) is 0 Å². The number of hydrogen-bond acceptors (Lipinski definition) is 3. The molecule has 2 rings (SSSR count). The monoisotopic (exact) mass is 208 g/mol. The maximum absolute atomic E-state index is 11.9. The summed E-state index contributed by atoms with van der Waals surface area (Å²) >= 11 is 0. The normalized spacial score (nSPS) is 25.4. The minimum atomic E-state index is -0.270. The van der Waals surface area contributed by atoms with Gasteiger partial charge in [-0.25, -0.2) is 0 Å². The summed E-state index contributed by atoms with van der Waals surface area (Å²) in [5.41, 5.74) is 2.33. The van der Waals surface area contributed by atoms with Crippen molar-refractivity contribution in [1.82, 2.24) is 0 Å². The van der Waals surface area contributed by atoms with Gasteiger partial charge < -0.3 is 4.74 Å². The van der Waals surface area contributed by atoms with Crippen LogP contribution in [0.15, 0.2) is 11.1 Å². The molecule has 0 aromatic carbocycles. The zero-order valence-corrected chi connectivity index (χ0v) is 9.04. The Hall–Kier alpha value is -1.12. The molecule has 2 aliphatic carbocycles. The molecular formula is C12H16O3. The van der Waals surface area contributed by atoms with Crippen molar-refractivity contribution >= 4 is 11.8 Å². The minimum Gasteiger partial charge on any atom is -0.469 e. The summed E-state index contributed by atoms with van der Waals surface area (Å²) in [4.78, 5) is 23.1. The molecule has 0 aromatic rings. The minimum absolute atomic E-state index is 0.124. The number of carbonyl (C=O) groups is 2. The van der Waals surface area contributed by atoms with E-state index in [1.165, 1.54) is 19.1 Å². The Labute approximate surface area is 89.5 Å². The van der Waals surface area contributed by atoms with Gasteiger partial charge in [-0.2, -0.15) is 0 Å². The molecular weight excluding hydrogens is 192 g/mol. The molecule has 0 aliphatic heterocycles. The summed E-state index contributed by atoms with van der Waals surface area (Å²) in [6.45, 7) is 0. The van der Waals surface area contributed by atoms with E-state index in [4.69, 9.17) is 0 Å². The number of ketones is 1. The van der Waals surface area contributed by atoms with Crippen molar-refractivity contribution in [2.75, 3.05) is 7.11 Å². The van der Waals surface area contributed by atoms with Crippen molar-refractivity contribution in [3.63, 3.8) is 0 Å². The summed E-state index contributed by atoms with van der Waals surface area (Å²) in [5.74, 6) is -0.191. The third kappa shape index (κ3) is 1.96. The van der Waals surface area contributed by atoms with Gasteiger partial charge in [-0.3, -0.25) is 9.59 Å². The number of allylic oxidation sites excluding steroid dienone is 2. The Morgan fingerprint density at radius 2 is 2.13 bits per heavy atom. The van der Waals surface area contributed by atoms with Crippen LogP contribution in [0.2, 0.25) is 0 Å². The molecule has 3 heteroatoms. The SMILES string of the molecule is COC(=O)CC1CC2=C(CCCC2)C1=O. The first-order valence-electron chi connectivity index (χ1n) is 5.54. The summed E-state index contributed by atoms with van der Waals surface area (Å²) in [6, 6.07) is 0.